The van der Waals surface area contributed by atoms with Crippen LogP contribution in [-0.2, 0) is 17.1 Å². The highest BCUT2D eigenvalue weighted by Gasteiger charge is 2.15. The molecule has 0 aliphatic rings. The maximum Gasteiger partial charge on any atom is 0.257 e. The molecule has 0 saturated carbocycles. The molecule has 5 nitrogen and oxygen atoms in total. The molecule has 0 aliphatic carbocycles. The van der Waals surface area contributed by atoms with Crippen LogP contribution >= 0.6 is 0 Å². The van der Waals surface area contributed by atoms with Gasteiger partial charge in [-0.25, -0.2) is 13.1 Å². The van der Waals surface area contributed by atoms with Gasteiger partial charge in [-0.2, -0.15) is 5.10 Å². The lowest BCUT2D eigenvalue weighted by Crippen LogP contribution is -2.25. The Kier molecular flexibility index (Phi) is 2.49. The van der Waals surface area contributed by atoms with Gasteiger partial charge in [-0.05, 0) is 6.07 Å². The number of hydrogen-bond acceptors (Lipinski definition) is 3. The van der Waals surface area contributed by atoms with Crippen molar-refractivity contribution in [3.63, 3.8) is 0 Å². The predicted octanol–water partition coefficient (Wildman–Crippen LogP) is -0.282. The van der Waals surface area contributed by atoms with Gasteiger partial charge < -0.3 is 0 Å². The molecule has 1 N–H and O–H groups in total. The van der Waals surface area contributed by atoms with Gasteiger partial charge in [0.25, 0.3) is 10.0 Å². The van der Waals surface area contributed by atoms with Crippen molar-refractivity contribution in [1.82, 2.24) is 14.5 Å². The average molecular weight is 189 g/mol. The quantitative estimate of drug-likeness (QED) is 0.711. The summed E-state index contributed by atoms with van der Waals surface area (Å²) in [6, 6.07) is 1.46. The fourth-order valence-electron chi connectivity index (χ4n) is 0.889. The van der Waals surface area contributed by atoms with Crippen LogP contribution in [0.4, 0.5) is 0 Å². The third kappa shape index (κ3) is 1.64. The van der Waals surface area contributed by atoms with E-state index in [1.807, 2.05) is 0 Å². The van der Waals surface area contributed by atoms with Crippen molar-refractivity contribution >= 4 is 10.0 Å². The minimum absolute atomic E-state index is 0.185. The van der Waals surface area contributed by atoms with E-state index in [0.29, 0.717) is 6.54 Å². The number of rotatable bonds is 3. The molecule has 1 rings (SSSR count). The number of hydrogen-bond donors (Lipinski definition) is 1. The molecule has 0 amide bonds. The average Bonchev–Trinajstić information content (AvgIpc) is 2.35. The summed E-state index contributed by atoms with van der Waals surface area (Å²) >= 11 is 0. The van der Waals surface area contributed by atoms with Crippen LogP contribution in [0.15, 0.2) is 17.3 Å². The van der Waals surface area contributed by atoms with Gasteiger partial charge in [0.1, 0.15) is 0 Å². The molecule has 1 aromatic rings. The molecule has 0 saturated heterocycles. The Hall–Kier alpha value is -0.880. The van der Waals surface area contributed by atoms with Crippen LogP contribution in [0.3, 0.4) is 0 Å². The van der Waals surface area contributed by atoms with Gasteiger partial charge in [0.05, 0.1) is 6.20 Å². The summed E-state index contributed by atoms with van der Waals surface area (Å²) in [4.78, 5) is 0. The van der Waals surface area contributed by atoms with Gasteiger partial charge in [0.15, 0.2) is 5.03 Å². The van der Waals surface area contributed by atoms with Gasteiger partial charge in [0, 0.05) is 13.6 Å². The predicted molar refractivity (Wildman–Crippen MR) is 44.1 cm³/mol. The zero-order valence-electron chi connectivity index (χ0n) is 6.98. The standard InChI is InChI=1S/C6H11N3O2S/c1-3-8-12(10,11)6-4-5-7-9(6)2/h4-5,8H,3H2,1-2H3. The first-order chi connectivity index (χ1) is 5.58. The van der Waals surface area contributed by atoms with Crippen LogP contribution in [0.1, 0.15) is 6.92 Å². The molecule has 0 radical (unpaired) electrons. The minimum atomic E-state index is -3.35. The molecule has 12 heavy (non-hydrogen) atoms. The molecule has 6 heteroatoms. The molecule has 0 bridgehead atoms. The van der Waals surface area contributed by atoms with E-state index >= 15 is 0 Å². The van der Waals surface area contributed by atoms with Crippen LogP contribution in [0.25, 0.3) is 0 Å². The number of sulfonamides is 1. The van der Waals surface area contributed by atoms with Gasteiger partial charge in [-0.3, -0.25) is 4.68 Å². The fourth-order valence-corrected chi connectivity index (χ4v) is 2.05. The van der Waals surface area contributed by atoms with Crippen molar-refractivity contribution in [2.45, 2.75) is 11.9 Å². The zero-order valence-corrected chi connectivity index (χ0v) is 7.80. The monoisotopic (exact) mass is 189 g/mol. The Bertz CT molecular complexity index is 355. The summed E-state index contributed by atoms with van der Waals surface area (Å²) in [5, 5.41) is 3.95. The third-order valence-corrected chi connectivity index (χ3v) is 3.01. The molecular weight excluding hydrogens is 178 g/mol. The van der Waals surface area contributed by atoms with Gasteiger partial charge in [-0.15, -0.1) is 0 Å². The second-order valence-electron chi connectivity index (χ2n) is 2.29. The van der Waals surface area contributed by atoms with E-state index < -0.39 is 10.0 Å². The highest BCUT2D eigenvalue weighted by molar-refractivity contribution is 7.89. The summed E-state index contributed by atoms with van der Waals surface area (Å²) in [6.07, 6.45) is 1.45. The van der Waals surface area contributed by atoms with Crippen LogP contribution in [0.2, 0.25) is 0 Å². The zero-order chi connectivity index (χ0) is 9.19. The van der Waals surface area contributed by atoms with Crippen LogP contribution in [0.5, 0.6) is 0 Å². The second-order valence-corrected chi connectivity index (χ2v) is 4.01. The Morgan fingerprint density at radius 2 is 2.33 bits per heavy atom. The lowest BCUT2D eigenvalue weighted by Gasteiger charge is -2.03. The van der Waals surface area contributed by atoms with Crippen molar-refractivity contribution in [2.24, 2.45) is 7.05 Å². The first kappa shape index (κ1) is 9.21. The molecule has 0 atom stereocenters. The maximum atomic E-state index is 11.3. The molecule has 0 aliphatic heterocycles. The lowest BCUT2D eigenvalue weighted by atomic mass is 10.7. The summed E-state index contributed by atoms with van der Waals surface area (Å²) < 4.78 is 26.4. The van der Waals surface area contributed by atoms with Gasteiger partial charge in [0.2, 0.25) is 0 Å². The molecule has 0 fully saturated rings. The summed E-state index contributed by atoms with van der Waals surface area (Å²) in [6.45, 7) is 2.11. The van der Waals surface area contributed by atoms with E-state index in [1.165, 1.54) is 16.9 Å². The Morgan fingerprint density at radius 1 is 1.67 bits per heavy atom. The largest absolute Gasteiger partial charge is 0.257 e. The topological polar surface area (TPSA) is 64.0 Å². The first-order valence-corrected chi connectivity index (χ1v) is 5.04. The van der Waals surface area contributed by atoms with Crippen molar-refractivity contribution in [1.29, 1.82) is 0 Å². The SMILES string of the molecule is CCNS(=O)(=O)c1ccnn1C. The second kappa shape index (κ2) is 3.24. The molecular formula is C6H11N3O2S. The molecule has 0 unspecified atom stereocenters. The molecule has 1 heterocycles. The molecule has 0 spiro atoms. The summed E-state index contributed by atoms with van der Waals surface area (Å²) in [5.74, 6) is 0. The highest BCUT2D eigenvalue weighted by Crippen LogP contribution is 2.04. The van der Waals surface area contributed by atoms with Crippen LogP contribution in [0, 0.1) is 0 Å². The Morgan fingerprint density at radius 3 is 2.75 bits per heavy atom. The van der Waals surface area contributed by atoms with Gasteiger partial charge >= 0.3 is 0 Å². The smallest absolute Gasteiger partial charge is 0.256 e. The van der Waals surface area contributed by atoms with Crippen molar-refractivity contribution < 1.29 is 8.42 Å². The minimum Gasteiger partial charge on any atom is -0.256 e. The number of aryl methyl sites for hydroxylation is 1. The highest BCUT2D eigenvalue weighted by atomic mass is 32.2. The molecule has 1 aromatic heterocycles. The molecule has 68 valence electrons. The fraction of sp³-hybridized carbons (Fsp3) is 0.500. The first-order valence-electron chi connectivity index (χ1n) is 3.55. The summed E-state index contributed by atoms with van der Waals surface area (Å²) in [7, 11) is -1.76. The number of aromatic nitrogens is 2. The Labute approximate surface area is 71.4 Å². The van der Waals surface area contributed by atoms with Crippen molar-refractivity contribution in [3.05, 3.63) is 12.3 Å². The normalized spacial score (nSPS) is 11.8. The van der Waals surface area contributed by atoms with E-state index in [2.05, 4.69) is 9.82 Å². The third-order valence-electron chi connectivity index (χ3n) is 1.39. The van der Waals surface area contributed by atoms with Crippen LogP contribution < -0.4 is 4.72 Å². The molecule has 0 aromatic carbocycles. The lowest BCUT2D eigenvalue weighted by molar-refractivity contribution is 0.565. The van der Waals surface area contributed by atoms with E-state index in [1.54, 1.807) is 14.0 Å². The van der Waals surface area contributed by atoms with Gasteiger partial charge in [-0.1, -0.05) is 6.92 Å². The van der Waals surface area contributed by atoms with Crippen molar-refractivity contribution in [2.75, 3.05) is 6.54 Å². The number of nitrogens with zero attached hydrogens (tertiary/aromatic N) is 2. The van der Waals surface area contributed by atoms with E-state index in [-0.39, 0.29) is 5.03 Å². The van der Waals surface area contributed by atoms with E-state index in [0.717, 1.165) is 0 Å². The number of nitrogens with one attached hydrogen (secondary N) is 1. The van der Waals surface area contributed by atoms with Crippen LogP contribution in [-0.4, -0.2) is 24.7 Å². The van der Waals surface area contributed by atoms with E-state index in [9.17, 15) is 8.42 Å². The Balaban J connectivity index is 3.06. The maximum absolute atomic E-state index is 11.3. The van der Waals surface area contributed by atoms with E-state index in [4.69, 9.17) is 0 Å². The van der Waals surface area contributed by atoms with Crippen molar-refractivity contribution in [3.8, 4) is 0 Å². The summed E-state index contributed by atoms with van der Waals surface area (Å²) in [5.41, 5.74) is 0.